The van der Waals surface area contributed by atoms with Crippen LogP contribution in [-0.4, -0.2) is 65.9 Å². The quantitative estimate of drug-likeness (QED) is 0.102. The fraction of sp³-hybridized carbons (Fsp3) is 0.303. The van der Waals surface area contributed by atoms with Crippen LogP contribution < -0.4 is 5.32 Å². The number of aromatic nitrogens is 5. The highest BCUT2D eigenvalue weighted by Gasteiger charge is 2.65. The van der Waals surface area contributed by atoms with E-state index in [1.807, 2.05) is 37.3 Å². The number of amides is 2. The zero-order valence-corrected chi connectivity index (χ0v) is 26.6. The van der Waals surface area contributed by atoms with Gasteiger partial charge in [-0.3, -0.25) is 19.1 Å². The van der Waals surface area contributed by atoms with Crippen LogP contribution in [0.5, 0.6) is 0 Å². The molecule has 6 rings (SSSR count). The van der Waals surface area contributed by atoms with E-state index in [4.69, 9.17) is 4.74 Å². The number of fused-ring (bicyclic) bond motifs is 2. The Hall–Kier alpha value is -4.55. The Morgan fingerprint density at radius 2 is 1.91 bits per heavy atom. The molecule has 1 aliphatic carbocycles. The number of rotatable bonds is 11. The van der Waals surface area contributed by atoms with Crippen molar-refractivity contribution in [1.82, 2.24) is 29.6 Å². The zero-order valence-electron chi connectivity index (χ0n) is 25.0. The summed E-state index contributed by atoms with van der Waals surface area (Å²) in [5.74, 6) is 0.189. The summed E-state index contributed by atoms with van der Waals surface area (Å²) in [5.41, 5.74) is 2.91. The van der Waals surface area contributed by atoms with Gasteiger partial charge in [-0.15, -0.1) is 13.2 Å². The van der Waals surface area contributed by atoms with E-state index in [1.54, 1.807) is 34.1 Å². The number of pyridine rings is 1. The molecule has 0 spiro atoms. The van der Waals surface area contributed by atoms with Gasteiger partial charge in [-0.25, -0.2) is 15.0 Å². The monoisotopic (exact) mass is 669 g/mol. The fourth-order valence-electron chi connectivity index (χ4n) is 6.07. The first-order valence-electron chi connectivity index (χ1n) is 14.5. The van der Waals surface area contributed by atoms with E-state index in [2.05, 4.69) is 54.5 Å². The molecule has 4 aromatic rings. The molecular formula is C33H32BrN7O4. The third-order valence-corrected chi connectivity index (χ3v) is 8.92. The van der Waals surface area contributed by atoms with Gasteiger partial charge >= 0.3 is 0 Å². The van der Waals surface area contributed by atoms with Crippen molar-refractivity contribution in [2.24, 2.45) is 5.41 Å². The largest absolute Gasteiger partial charge is 0.373 e. The Balaban J connectivity index is 1.27. The minimum atomic E-state index is -0.737. The molecule has 230 valence electrons. The molecule has 12 heteroatoms. The molecule has 0 bridgehead atoms. The summed E-state index contributed by atoms with van der Waals surface area (Å²) in [4.78, 5) is 55.1. The molecular weight excluding hydrogens is 638 g/mol. The van der Waals surface area contributed by atoms with Crippen LogP contribution in [0.25, 0.3) is 22.0 Å². The zero-order chi connectivity index (χ0) is 31.9. The molecule has 45 heavy (non-hydrogen) atoms. The van der Waals surface area contributed by atoms with Crippen LogP contribution in [0.2, 0.25) is 0 Å². The highest BCUT2D eigenvalue weighted by atomic mass is 79.9. The molecule has 1 unspecified atom stereocenters. The highest BCUT2D eigenvalue weighted by molar-refractivity contribution is 9.10. The van der Waals surface area contributed by atoms with E-state index in [-0.39, 0.29) is 47.9 Å². The first-order valence-corrected chi connectivity index (χ1v) is 15.3. The Morgan fingerprint density at radius 1 is 1.13 bits per heavy atom. The summed E-state index contributed by atoms with van der Waals surface area (Å²) in [6, 6.07) is 8.31. The van der Waals surface area contributed by atoms with E-state index < -0.39 is 6.04 Å². The van der Waals surface area contributed by atoms with Gasteiger partial charge in [-0.2, -0.15) is 5.10 Å². The number of ether oxygens (including phenoxy) is 1. The predicted molar refractivity (Wildman–Crippen MR) is 172 cm³/mol. The minimum Gasteiger partial charge on any atom is -0.373 e. The average molecular weight is 671 g/mol. The average Bonchev–Trinajstić information content (AvgIpc) is 3.45. The minimum absolute atomic E-state index is 0.139. The van der Waals surface area contributed by atoms with Gasteiger partial charge in [0.25, 0.3) is 0 Å². The topological polar surface area (TPSA) is 132 Å². The molecule has 11 nitrogen and oxygen atoms in total. The number of likely N-dealkylation sites (tertiary alicyclic amines) is 1. The van der Waals surface area contributed by atoms with Crippen LogP contribution in [-0.2, 0) is 27.5 Å². The molecule has 1 aromatic carbocycles. The number of nitrogens with zero attached hydrogens (tertiary/aromatic N) is 6. The van der Waals surface area contributed by atoms with Crippen LogP contribution in [0.1, 0.15) is 41.6 Å². The van der Waals surface area contributed by atoms with Crippen molar-refractivity contribution in [1.29, 1.82) is 0 Å². The molecule has 3 atom stereocenters. The maximum atomic E-state index is 14.0. The lowest BCUT2D eigenvalue weighted by atomic mass is 9.99. The van der Waals surface area contributed by atoms with E-state index in [1.165, 1.54) is 6.92 Å². The summed E-state index contributed by atoms with van der Waals surface area (Å²) in [5, 5.41) is 8.11. The molecule has 1 saturated carbocycles. The molecule has 2 fully saturated rings. The molecule has 3 aromatic heterocycles. The maximum absolute atomic E-state index is 14.0. The Kier molecular flexibility index (Phi) is 8.19. The smallest absolute Gasteiger partial charge is 0.248 e. The number of anilines is 1. The molecule has 2 aliphatic rings. The van der Waals surface area contributed by atoms with Gasteiger partial charge in [0.05, 0.1) is 18.7 Å². The molecule has 2 amide bonds. The lowest BCUT2D eigenvalue weighted by molar-refractivity contribution is -0.138. The number of hydrogen-bond donors (Lipinski definition) is 1. The number of carbonyl (C=O) groups excluding carboxylic acids is 3. The van der Waals surface area contributed by atoms with Crippen molar-refractivity contribution in [2.45, 2.75) is 51.9 Å². The van der Waals surface area contributed by atoms with Crippen molar-refractivity contribution in [3.05, 3.63) is 89.7 Å². The number of Topliss-reactive ketones (excluding diaryl/α,β-unsaturated/α-hetero) is 1. The van der Waals surface area contributed by atoms with Crippen molar-refractivity contribution < 1.29 is 19.1 Å². The molecule has 0 radical (unpaired) electrons. The highest BCUT2D eigenvalue weighted by Crippen LogP contribution is 2.60. The summed E-state index contributed by atoms with van der Waals surface area (Å²) in [6.07, 6.45) is 8.15. The van der Waals surface area contributed by atoms with Gasteiger partial charge in [0.2, 0.25) is 11.8 Å². The fourth-order valence-corrected chi connectivity index (χ4v) is 6.38. The van der Waals surface area contributed by atoms with Gasteiger partial charge in [0, 0.05) is 47.3 Å². The van der Waals surface area contributed by atoms with Gasteiger partial charge in [0.15, 0.2) is 5.78 Å². The van der Waals surface area contributed by atoms with Crippen LogP contribution >= 0.6 is 15.9 Å². The lowest BCUT2D eigenvalue weighted by Gasteiger charge is -2.27. The van der Waals surface area contributed by atoms with Crippen molar-refractivity contribution in [2.75, 3.05) is 11.9 Å². The Morgan fingerprint density at radius 3 is 2.62 bits per heavy atom. The number of ketones is 1. The second-order valence-corrected chi connectivity index (χ2v) is 12.2. The number of halogens is 1. The van der Waals surface area contributed by atoms with Crippen LogP contribution in [0.15, 0.2) is 72.6 Å². The molecule has 1 saturated heterocycles. The summed E-state index contributed by atoms with van der Waals surface area (Å²) in [6.45, 7) is 11.4. The van der Waals surface area contributed by atoms with E-state index >= 15 is 0 Å². The molecule has 1 N–H and O–H groups in total. The number of piperidine rings is 1. The number of aryl methyl sites for hydroxylation is 1. The van der Waals surface area contributed by atoms with E-state index in [0.29, 0.717) is 45.7 Å². The normalized spacial score (nSPS) is 20.1. The second kappa shape index (κ2) is 12.1. The van der Waals surface area contributed by atoms with E-state index in [0.717, 1.165) is 17.5 Å². The van der Waals surface area contributed by atoms with Gasteiger partial charge in [-0.1, -0.05) is 24.3 Å². The number of nitrogens with one attached hydrogen (secondary N) is 1. The molecule has 1 aliphatic heterocycles. The summed E-state index contributed by atoms with van der Waals surface area (Å²) >= 11 is 3.38. The molecule has 4 heterocycles. The summed E-state index contributed by atoms with van der Waals surface area (Å²) < 4.78 is 7.69. The van der Waals surface area contributed by atoms with Crippen LogP contribution in [0.4, 0.5) is 5.82 Å². The Bertz CT molecular complexity index is 1850. The van der Waals surface area contributed by atoms with Crippen molar-refractivity contribution >= 4 is 50.2 Å². The third kappa shape index (κ3) is 5.83. The third-order valence-electron chi connectivity index (χ3n) is 8.48. The Labute approximate surface area is 268 Å². The van der Waals surface area contributed by atoms with Gasteiger partial charge < -0.3 is 15.0 Å². The number of hydrogen-bond acceptors (Lipinski definition) is 8. The van der Waals surface area contributed by atoms with Gasteiger partial charge in [-0.05, 0) is 59.5 Å². The number of carbonyl (C=O) groups is 3. The van der Waals surface area contributed by atoms with Crippen molar-refractivity contribution in [3.63, 3.8) is 0 Å². The predicted octanol–water partition coefficient (Wildman–Crippen LogP) is 5.05. The lowest BCUT2D eigenvalue weighted by Crippen LogP contribution is -2.47. The first-order chi connectivity index (χ1) is 21.6. The van der Waals surface area contributed by atoms with E-state index in [9.17, 15) is 14.4 Å². The SMILES string of the molecule is C=CCOCc1ccc(Br)nc1NC(=O)[C@@H]1C[C@@]2(C=C)CC2N1C(=O)Cn1nc(C(C)=O)c2cc(-c3cnc(C)nc3)ccc21. The van der Waals surface area contributed by atoms with Gasteiger partial charge in [0.1, 0.15) is 34.5 Å². The first kappa shape index (κ1) is 30.5. The van der Waals surface area contributed by atoms with Crippen LogP contribution in [0, 0.1) is 12.3 Å². The summed E-state index contributed by atoms with van der Waals surface area (Å²) in [7, 11) is 0. The number of benzene rings is 1. The standard InChI is InChI=1S/C33H32BrN7O4/c1-5-11-45-18-22-8-10-28(34)37-31(22)38-32(44)26-13-33(6-2)14-27(33)41(26)29(43)17-40-25-9-7-21(23-15-35-20(4)36-16-23)12-24(25)30(39-40)19(3)42/h5-10,12,15-16,26-27H,1-2,11,13-14,17-18H2,3-4H3,(H,37,38,44)/t26-,27?,33-/m0/s1. The second-order valence-electron chi connectivity index (χ2n) is 11.4. The van der Waals surface area contributed by atoms with Crippen molar-refractivity contribution in [3.8, 4) is 11.1 Å². The van der Waals surface area contributed by atoms with Crippen LogP contribution in [0.3, 0.4) is 0 Å². The maximum Gasteiger partial charge on any atom is 0.248 e.